The SMILES string of the molecule is CC(=O)OCC1CC1C(=O)OC1CC(C)CCC1C(C)C. The van der Waals surface area contributed by atoms with Crippen molar-refractivity contribution in [2.45, 2.75) is 59.5 Å². The molecule has 2 fully saturated rings. The van der Waals surface area contributed by atoms with Gasteiger partial charge in [-0.2, -0.15) is 0 Å². The highest BCUT2D eigenvalue weighted by atomic mass is 16.5. The summed E-state index contributed by atoms with van der Waals surface area (Å²) in [4.78, 5) is 23.0. The quantitative estimate of drug-likeness (QED) is 0.731. The van der Waals surface area contributed by atoms with Gasteiger partial charge in [-0.25, -0.2) is 0 Å². The summed E-state index contributed by atoms with van der Waals surface area (Å²) in [7, 11) is 0. The Morgan fingerprint density at radius 3 is 2.52 bits per heavy atom. The monoisotopic (exact) mass is 296 g/mol. The average molecular weight is 296 g/mol. The molecule has 0 N–H and O–H groups in total. The van der Waals surface area contributed by atoms with Crippen LogP contribution in [0.5, 0.6) is 0 Å². The van der Waals surface area contributed by atoms with Gasteiger partial charge in [0.15, 0.2) is 0 Å². The number of ether oxygens (including phenoxy) is 2. The summed E-state index contributed by atoms with van der Waals surface area (Å²) in [5.74, 6) is 1.40. The van der Waals surface area contributed by atoms with Gasteiger partial charge in [-0.3, -0.25) is 9.59 Å². The van der Waals surface area contributed by atoms with Crippen LogP contribution in [0.2, 0.25) is 0 Å². The minimum Gasteiger partial charge on any atom is -0.466 e. The van der Waals surface area contributed by atoms with Crippen LogP contribution >= 0.6 is 0 Å². The molecule has 0 aromatic heterocycles. The maximum absolute atomic E-state index is 12.2. The molecule has 2 saturated carbocycles. The highest BCUT2D eigenvalue weighted by molar-refractivity contribution is 5.76. The summed E-state index contributed by atoms with van der Waals surface area (Å²) in [6.45, 7) is 8.40. The van der Waals surface area contributed by atoms with E-state index in [4.69, 9.17) is 9.47 Å². The second-order valence-electron chi connectivity index (χ2n) is 7.21. The van der Waals surface area contributed by atoms with Gasteiger partial charge in [-0.15, -0.1) is 0 Å². The van der Waals surface area contributed by atoms with Crippen LogP contribution in [0.25, 0.3) is 0 Å². The van der Waals surface area contributed by atoms with Crippen molar-refractivity contribution < 1.29 is 19.1 Å². The van der Waals surface area contributed by atoms with Gasteiger partial charge in [0, 0.05) is 12.8 Å². The number of hydrogen-bond donors (Lipinski definition) is 0. The number of carbonyl (C=O) groups is 2. The van der Waals surface area contributed by atoms with Crippen LogP contribution in [0.15, 0.2) is 0 Å². The third kappa shape index (κ3) is 4.45. The summed E-state index contributed by atoms with van der Waals surface area (Å²) in [5, 5.41) is 0. The first-order valence-electron chi connectivity index (χ1n) is 8.22. The lowest BCUT2D eigenvalue weighted by atomic mass is 9.75. The van der Waals surface area contributed by atoms with Crippen LogP contribution in [-0.2, 0) is 19.1 Å². The first-order chi connectivity index (χ1) is 9.88. The lowest BCUT2D eigenvalue weighted by Gasteiger charge is -2.36. The molecule has 21 heavy (non-hydrogen) atoms. The molecule has 2 rings (SSSR count). The molecule has 120 valence electrons. The maximum atomic E-state index is 12.2. The highest BCUT2D eigenvalue weighted by Crippen LogP contribution is 2.42. The molecule has 5 atom stereocenters. The number of rotatable bonds is 5. The highest BCUT2D eigenvalue weighted by Gasteiger charge is 2.46. The zero-order chi connectivity index (χ0) is 15.6. The molecule has 0 aromatic rings. The molecule has 2 aliphatic rings. The van der Waals surface area contributed by atoms with E-state index in [0.717, 1.165) is 19.3 Å². The summed E-state index contributed by atoms with van der Waals surface area (Å²) in [5.41, 5.74) is 0. The first kappa shape index (κ1) is 16.3. The number of carbonyl (C=O) groups excluding carboxylic acids is 2. The van der Waals surface area contributed by atoms with E-state index in [1.54, 1.807) is 0 Å². The van der Waals surface area contributed by atoms with E-state index < -0.39 is 0 Å². The van der Waals surface area contributed by atoms with Crippen molar-refractivity contribution in [3.8, 4) is 0 Å². The molecule has 4 nitrogen and oxygen atoms in total. The summed E-state index contributed by atoms with van der Waals surface area (Å²) < 4.78 is 10.8. The predicted octanol–water partition coefficient (Wildman–Crippen LogP) is 3.19. The Labute approximate surface area is 127 Å². The summed E-state index contributed by atoms with van der Waals surface area (Å²) >= 11 is 0. The van der Waals surface area contributed by atoms with Gasteiger partial charge in [0.1, 0.15) is 6.10 Å². The van der Waals surface area contributed by atoms with Crippen molar-refractivity contribution in [1.29, 1.82) is 0 Å². The zero-order valence-corrected chi connectivity index (χ0v) is 13.6. The van der Waals surface area contributed by atoms with E-state index in [9.17, 15) is 9.59 Å². The molecule has 0 bridgehead atoms. The Bertz CT molecular complexity index is 390. The van der Waals surface area contributed by atoms with Crippen LogP contribution in [0, 0.1) is 29.6 Å². The van der Waals surface area contributed by atoms with Gasteiger partial charge < -0.3 is 9.47 Å². The lowest BCUT2D eigenvalue weighted by Crippen LogP contribution is -2.36. The van der Waals surface area contributed by atoms with Crippen molar-refractivity contribution in [3.63, 3.8) is 0 Å². The molecular formula is C17H28O4. The standard InChI is InChI=1S/C17H28O4/c1-10(2)14-6-5-11(3)7-16(14)21-17(19)15-8-13(15)9-20-12(4)18/h10-11,13-16H,5-9H2,1-4H3. The molecule has 0 aromatic carbocycles. The second-order valence-corrected chi connectivity index (χ2v) is 7.21. The fraction of sp³-hybridized carbons (Fsp3) is 0.882. The summed E-state index contributed by atoms with van der Waals surface area (Å²) in [6.07, 6.45) is 4.22. The van der Waals surface area contributed by atoms with Crippen LogP contribution in [0.1, 0.15) is 53.4 Å². The Kier molecular flexibility index (Phi) is 5.28. The molecule has 0 radical (unpaired) electrons. The van der Waals surface area contributed by atoms with Crippen molar-refractivity contribution in [2.75, 3.05) is 6.61 Å². The molecule has 0 saturated heterocycles. The molecular weight excluding hydrogens is 268 g/mol. The average Bonchev–Trinajstić information content (AvgIpc) is 3.15. The molecule has 0 heterocycles. The summed E-state index contributed by atoms with van der Waals surface area (Å²) in [6, 6.07) is 0. The van der Waals surface area contributed by atoms with E-state index >= 15 is 0 Å². The van der Waals surface area contributed by atoms with Crippen molar-refractivity contribution >= 4 is 11.9 Å². The Balaban J connectivity index is 1.82. The fourth-order valence-electron chi connectivity index (χ4n) is 3.43. The molecule has 0 spiro atoms. The van der Waals surface area contributed by atoms with Crippen molar-refractivity contribution in [1.82, 2.24) is 0 Å². The molecule has 0 amide bonds. The van der Waals surface area contributed by atoms with E-state index in [0.29, 0.717) is 24.4 Å². The largest absolute Gasteiger partial charge is 0.466 e. The van der Waals surface area contributed by atoms with Crippen LogP contribution in [0.4, 0.5) is 0 Å². The zero-order valence-electron chi connectivity index (χ0n) is 13.6. The van der Waals surface area contributed by atoms with E-state index in [2.05, 4.69) is 20.8 Å². The third-order valence-corrected chi connectivity index (χ3v) is 4.95. The number of esters is 2. The topological polar surface area (TPSA) is 52.6 Å². The fourth-order valence-corrected chi connectivity index (χ4v) is 3.43. The third-order valence-electron chi connectivity index (χ3n) is 4.95. The Morgan fingerprint density at radius 2 is 1.90 bits per heavy atom. The van der Waals surface area contributed by atoms with Crippen LogP contribution < -0.4 is 0 Å². The van der Waals surface area contributed by atoms with E-state index in [1.807, 2.05) is 0 Å². The Hall–Kier alpha value is -1.06. The van der Waals surface area contributed by atoms with Crippen molar-refractivity contribution in [2.24, 2.45) is 29.6 Å². The second kappa shape index (κ2) is 6.80. The molecule has 2 aliphatic carbocycles. The van der Waals surface area contributed by atoms with Gasteiger partial charge in [-0.05, 0) is 37.0 Å². The molecule has 0 aliphatic heterocycles. The molecule has 4 heteroatoms. The normalized spacial score (nSPS) is 35.4. The van der Waals surface area contributed by atoms with E-state index in [1.165, 1.54) is 13.3 Å². The van der Waals surface area contributed by atoms with Gasteiger partial charge in [0.25, 0.3) is 0 Å². The van der Waals surface area contributed by atoms with E-state index in [-0.39, 0.29) is 29.9 Å². The van der Waals surface area contributed by atoms with Gasteiger partial charge >= 0.3 is 11.9 Å². The van der Waals surface area contributed by atoms with Gasteiger partial charge in [0.2, 0.25) is 0 Å². The van der Waals surface area contributed by atoms with Crippen molar-refractivity contribution in [3.05, 3.63) is 0 Å². The van der Waals surface area contributed by atoms with Crippen LogP contribution in [-0.4, -0.2) is 24.6 Å². The smallest absolute Gasteiger partial charge is 0.309 e. The minimum absolute atomic E-state index is 0.0607. The lowest BCUT2D eigenvalue weighted by molar-refractivity contribution is -0.158. The van der Waals surface area contributed by atoms with Gasteiger partial charge in [0.05, 0.1) is 12.5 Å². The number of hydrogen-bond acceptors (Lipinski definition) is 4. The first-order valence-corrected chi connectivity index (χ1v) is 8.22. The minimum atomic E-state index is -0.282. The molecule has 5 unspecified atom stereocenters. The predicted molar refractivity (Wildman–Crippen MR) is 79.5 cm³/mol. The van der Waals surface area contributed by atoms with Gasteiger partial charge in [-0.1, -0.05) is 27.2 Å². The maximum Gasteiger partial charge on any atom is 0.309 e. The van der Waals surface area contributed by atoms with Crippen LogP contribution in [0.3, 0.4) is 0 Å². The Morgan fingerprint density at radius 1 is 1.19 bits per heavy atom.